The van der Waals surface area contributed by atoms with Crippen molar-refractivity contribution in [2.75, 3.05) is 6.54 Å². The lowest BCUT2D eigenvalue weighted by Gasteiger charge is -2.03. The minimum absolute atomic E-state index is 0.912. The predicted octanol–water partition coefficient (Wildman–Crippen LogP) is 3.17. The summed E-state index contributed by atoms with van der Waals surface area (Å²) in [5, 5.41) is 3.43. The van der Waals surface area contributed by atoms with Crippen LogP contribution >= 0.6 is 0 Å². The van der Waals surface area contributed by atoms with Crippen molar-refractivity contribution >= 4 is 0 Å². The van der Waals surface area contributed by atoms with Crippen LogP contribution in [-0.2, 0) is 6.54 Å². The molecule has 1 rings (SSSR count). The van der Waals surface area contributed by atoms with Crippen molar-refractivity contribution in [2.24, 2.45) is 0 Å². The largest absolute Gasteiger partial charge is 0.345 e. The average Bonchev–Trinajstić information content (AvgIpc) is 2.68. The van der Waals surface area contributed by atoms with Crippen LogP contribution in [0.15, 0.2) is 6.20 Å². The minimum atomic E-state index is 0.912. The first-order valence-electron chi connectivity index (χ1n) is 6.54. The molecular formula is C13H25N3. The molecule has 0 amide bonds. The number of aryl methyl sites for hydroxylation is 1. The van der Waals surface area contributed by atoms with Gasteiger partial charge < -0.3 is 10.3 Å². The fourth-order valence-electron chi connectivity index (χ4n) is 1.81. The lowest BCUT2D eigenvalue weighted by atomic mass is 10.1. The van der Waals surface area contributed by atoms with Crippen molar-refractivity contribution in [1.29, 1.82) is 0 Å². The van der Waals surface area contributed by atoms with Crippen molar-refractivity contribution in [3.63, 3.8) is 0 Å². The minimum Gasteiger partial charge on any atom is -0.345 e. The van der Waals surface area contributed by atoms with Gasteiger partial charge in [-0.1, -0.05) is 39.0 Å². The highest BCUT2D eigenvalue weighted by Gasteiger charge is 1.95. The van der Waals surface area contributed by atoms with Gasteiger partial charge in [-0.05, 0) is 19.9 Å². The Kier molecular flexibility index (Phi) is 6.90. The molecule has 3 nitrogen and oxygen atoms in total. The van der Waals surface area contributed by atoms with E-state index in [9.17, 15) is 0 Å². The van der Waals surface area contributed by atoms with Gasteiger partial charge in [-0.3, -0.25) is 0 Å². The molecule has 0 saturated heterocycles. The number of H-pyrrole nitrogens is 1. The van der Waals surface area contributed by atoms with E-state index in [1.54, 1.807) is 0 Å². The summed E-state index contributed by atoms with van der Waals surface area (Å²) in [5.41, 5.74) is 1.18. The van der Waals surface area contributed by atoms with Crippen LogP contribution in [0.4, 0.5) is 0 Å². The van der Waals surface area contributed by atoms with Crippen molar-refractivity contribution < 1.29 is 0 Å². The molecule has 0 aromatic carbocycles. The number of aromatic nitrogens is 2. The quantitative estimate of drug-likeness (QED) is 0.631. The van der Waals surface area contributed by atoms with Crippen molar-refractivity contribution in [3.8, 4) is 0 Å². The molecule has 16 heavy (non-hydrogen) atoms. The predicted molar refractivity (Wildman–Crippen MR) is 68.4 cm³/mol. The number of hydrogen-bond acceptors (Lipinski definition) is 2. The zero-order chi connectivity index (χ0) is 11.6. The van der Waals surface area contributed by atoms with Crippen LogP contribution in [0, 0.1) is 6.92 Å². The average molecular weight is 223 g/mol. The highest BCUT2D eigenvalue weighted by molar-refractivity contribution is 4.98. The second-order valence-corrected chi connectivity index (χ2v) is 4.44. The Balaban J connectivity index is 1.88. The van der Waals surface area contributed by atoms with Crippen LogP contribution < -0.4 is 5.32 Å². The monoisotopic (exact) mass is 223 g/mol. The number of nitrogens with zero attached hydrogens (tertiary/aromatic N) is 1. The van der Waals surface area contributed by atoms with Crippen LogP contribution in [0.3, 0.4) is 0 Å². The van der Waals surface area contributed by atoms with Crippen LogP contribution in [0.1, 0.15) is 57.0 Å². The first kappa shape index (κ1) is 13.2. The molecule has 0 saturated carbocycles. The standard InChI is InChI=1S/C13H25N3/c1-3-4-5-6-7-8-9-14-10-13-11-15-12(2)16-13/h11,14H,3-10H2,1-2H3,(H,15,16). The molecule has 0 spiro atoms. The Morgan fingerprint density at radius 3 is 2.62 bits per heavy atom. The van der Waals surface area contributed by atoms with Gasteiger partial charge in [-0.15, -0.1) is 0 Å². The Labute approximate surface area is 99.1 Å². The van der Waals surface area contributed by atoms with Crippen LogP contribution in [0.5, 0.6) is 0 Å². The highest BCUT2D eigenvalue weighted by atomic mass is 14.9. The third kappa shape index (κ3) is 5.91. The van der Waals surface area contributed by atoms with E-state index in [1.807, 2.05) is 13.1 Å². The van der Waals surface area contributed by atoms with E-state index in [0.717, 1.165) is 18.9 Å². The summed E-state index contributed by atoms with van der Waals surface area (Å²) in [5.74, 6) is 0.997. The van der Waals surface area contributed by atoms with Gasteiger partial charge >= 0.3 is 0 Å². The fraction of sp³-hybridized carbons (Fsp3) is 0.769. The second kappa shape index (κ2) is 8.34. The summed E-state index contributed by atoms with van der Waals surface area (Å²) >= 11 is 0. The zero-order valence-corrected chi connectivity index (χ0v) is 10.7. The zero-order valence-electron chi connectivity index (χ0n) is 10.7. The smallest absolute Gasteiger partial charge is 0.103 e. The number of unbranched alkanes of at least 4 members (excludes halogenated alkanes) is 5. The van der Waals surface area contributed by atoms with Crippen LogP contribution in [0.25, 0.3) is 0 Å². The molecule has 2 N–H and O–H groups in total. The summed E-state index contributed by atoms with van der Waals surface area (Å²) in [6, 6.07) is 0. The Morgan fingerprint density at radius 2 is 1.94 bits per heavy atom. The molecule has 0 unspecified atom stereocenters. The first-order valence-corrected chi connectivity index (χ1v) is 6.54. The van der Waals surface area contributed by atoms with Crippen LogP contribution in [-0.4, -0.2) is 16.5 Å². The molecular weight excluding hydrogens is 198 g/mol. The molecule has 0 fully saturated rings. The maximum Gasteiger partial charge on any atom is 0.103 e. The third-order valence-electron chi connectivity index (χ3n) is 2.78. The van der Waals surface area contributed by atoms with Crippen LogP contribution in [0.2, 0.25) is 0 Å². The van der Waals surface area contributed by atoms with E-state index in [0.29, 0.717) is 0 Å². The summed E-state index contributed by atoms with van der Waals surface area (Å²) < 4.78 is 0. The van der Waals surface area contributed by atoms with Gasteiger partial charge in [-0.25, -0.2) is 4.98 Å². The van der Waals surface area contributed by atoms with E-state index in [-0.39, 0.29) is 0 Å². The van der Waals surface area contributed by atoms with Gasteiger partial charge in [0.15, 0.2) is 0 Å². The molecule has 0 radical (unpaired) electrons. The Hall–Kier alpha value is -0.830. The second-order valence-electron chi connectivity index (χ2n) is 4.44. The van der Waals surface area contributed by atoms with E-state index in [4.69, 9.17) is 0 Å². The molecule has 3 heteroatoms. The maximum atomic E-state index is 4.17. The van der Waals surface area contributed by atoms with E-state index < -0.39 is 0 Å². The molecule has 1 heterocycles. The Morgan fingerprint density at radius 1 is 1.19 bits per heavy atom. The van der Waals surface area contributed by atoms with Gasteiger partial charge in [0, 0.05) is 18.4 Å². The summed E-state index contributed by atoms with van der Waals surface area (Å²) in [6.07, 6.45) is 10.1. The molecule has 92 valence electrons. The number of aromatic amines is 1. The van der Waals surface area contributed by atoms with Gasteiger partial charge in [0.2, 0.25) is 0 Å². The molecule has 1 aromatic heterocycles. The lowest BCUT2D eigenvalue weighted by molar-refractivity contribution is 0.569. The normalized spacial score (nSPS) is 10.9. The highest BCUT2D eigenvalue weighted by Crippen LogP contribution is 2.04. The van der Waals surface area contributed by atoms with E-state index in [1.165, 1.54) is 44.2 Å². The molecule has 0 atom stereocenters. The van der Waals surface area contributed by atoms with Crippen molar-refractivity contribution in [1.82, 2.24) is 15.3 Å². The third-order valence-corrected chi connectivity index (χ3v) is 2.78. The van der Waals surface area contributed by atoms with Gasteiger partial charge in [-0.2, -0.15) is 0 Å². The van der Waals surface area contributed by atoms with Crippen molar-refractivity contribution in [3.05, 3.63) is 17.7 Å². The molecule has 0 bridgehead atoms. The first-order chi connectivity index (χ1) is 7.83. The van der Waals surface area contributed by atoms with Gasteiger partial charge in [0.1, 0.15) is 5.82 Å². The summed E-state index contributed by atoms with van der Waals surface area (Å²) in [7, 11) is 0. The molecule has 0 aliphatic heterocycles. The Bertz CT molecular complexity index is 268. The molecule has 0 aliphatic carbocycles. The maximum absolute atomic E-state index is 4.17. The molecule has 0 aliphatic rings. The fourth-order valence-corrected chi connectivity index (χ4v) is 1.81. The molecule has 1 aromatic rings. The van der Waals surface area contributed by atoms with E-state index in [2.05, 4.69) is 22.2 Å². The number of hydrogen-bond donors (Lipinski definition) is 2. The van der Waals surface area contributed by atoms with Crippen molar-refractivity contribution in [2.45, 2.75) is 58.9 Å². The number of nitrogens with one attached hydrogen (secondary N) is 2. The summed E-state index contributed by atoms with van der Waals surface area (Å²) in [6.45, 7) is 6.27. The summed E-state index contributed by atoms with van der Waals surface area (Å²) in [4.78, 5) is 7.39. The topological polar surface area (TPSA) is 40.7 Å². The van der Waals surface area contributed by atoms with Gasteiger partial charge in [0.05, 0.1) is 0 Å². The number of imidazole rings is 1. The van der Waals surface area contributed by atoms with Gasteiger partial charge in [0.25, 0.3) is 0 Å². The number of rotatable bonds is 9. The lowest BCUT2D eigenvalue weighted by Crippen LogP contribution is -2.14. The van der Waals surface area contributed by atoms with E-state index >= 15 is 0 Å². The SMILES string of the molecule is CCCCCCCCNCc1cnc(C)[nH]1.